The van der Waals surface area contributed by atoms with Crippen molar-refractivity contribution in [2.24, 2.45) is 0 Å². The quantitative estimate of drug-likeness (QED) is 0.738. The van der Waals surface area contributed by atoms with Crippen LogP contribution in [0.15, 0.2) is 54.6 Å². The van der Waals surface area contributed by atoms with E-state index in [0.29, 0.717) is 11.3 Å². The van der Waals surface area contributed by atoms with E-state index >= 15 is 0 Å². The first-order valence-electron chi connectivity index (χ1n) is 8.58. The minimum Gasteiger partial charge on any atom is -0.495 e. The van der Waals surface area contributed by atoms with Crippen molar-refractivity contribution in [2.75, 3.05) is 17.3 Å². The predicted octanol–water partition coefficient (Wildman–Crippen LogP) is 4.41. The molecule has 2 aromatic carbocycles. The van der Waals surface area contributed by atoms with Crippen LogP contribution in [0, 0.1) is 13.8 Å². The molecule has 1 atom stereocenters. The molecule has 0 saturated heterocycles. The van der Waals surface area contributed by atoms with Crippen LogP contribution < -0.4 is 15.0 Å². The zero-order valence-corrected chi connectivity index (χ0v) is 15.0. The normalized spacial score (nSPS) is 16.2. The number of aromatic nitrogens is 1. The van der Waals surface area contributed by atoms with Gasteiger partial charge in [-0.05, 0) is 44.2 Å². The Hall–Kier alpha value is -3.21. The maximum atomic E-state index is 13.4. The highest BCUT2D eigenvalue weighted by atomic mass is 16.5. The van der Waals surface area contributed by atoms with Crippen LogP contribution in [-0.2, 0) is 0 Å². The molecular weight excluding hydrogens is 326 g/mol. The number of H-pyrrole nitrogens is 1. The van der Waals surface area contributed by atoms with Crippen LogP contribution in [-0.4, -0.2) is 18.0 Å². The molecule has 5 heteroatoms. The van der Waals surface area contributed by atoms with Crippen LogP contribution in [0.25, 0.3) is 0 Å². The molecular formula is C21H21N3O2. The number of anilines is 2. The lowest BCUT2D eigenvalue weighted by Crippen LogP contribution is -2.43. The van der Waals surface area contributed by atoms with Gasteiger partial charge in [-0.25, -0.2) is 0 Å². The Morgan fingerprint density at radius 3 is 2.50 bits per heavy atom. The molecule has 2 N–H and O–H groups in total. The van der Waals surface area contributed by atoms with Crippen molar-refractivity contribution in [3.8, 4) is 5.75 Å². The lowest BCUT2D eigenvalue weighted by Gasteiger charge is -2.38. The maximum Gasteiger partial charge on any atom is 0.262 e. The molecule has 0 fully saturated rings. The fraction of sp³-hybridized carbons (Fsp3) is 0.190. The Balaban J connectivity index is 1.92. The summed E-state index contributed by atoms with van der Waals surface area (Å²) in [6.07, 6.45) is -0.321. The molecule has 0 spiro atoms. The summed E-state index contributed by atoms with van der Waals surface area (Å²) in [5.74, 6) is 0.615. The fourth-order valence-electron chi connectivity index (χ4n) is 3.58. The highest BCUT2D eigenvalue weighted by Gasteiger charge is 2.36. The Morgan fingerprint density at radius 1 is 1.04 bits per heavy atom. The van der Waals surface area contributed by atoms with Gasteiger partial charge in [-0.3, -0.25) is 9.69 Å². The first-order valence-corrected chi connectivity index (χ1v) is 8.58. The zero-order valence-electron chi connectivity index (χ0n) is 15.0. The number of para-hydroxylation sites is 3. The number of ether oxygens (including phenoxy) is 1. The Morgan fingerprint density at radius 2 is 1.77 bits per heavy atom. The molecule has 2 heterocycles. The number of fused-ring (bicyclic) bond motifs is 1. The van der Waals surface area contributed by atoms with Crippen LogP contribution >= 0.6 is 0 Å². The van der Waals surface area contributed by atoms with Crippen molar-refractivity contribution in [1.29, 1.82) is 0 Å². The van der Waals surface area contributed by atoms with Gasteiger partial charge in [0.2, 0.25) is 0 Å². The van der Waals surface area contributed by atoms with Gasteiger partial charge >= 0.3 is 0 Å². The molecule has 3 aromatic rings. The molecule has 0 unspecified atom stereocenters. The number of hydrogen-bond donors (Lipinski definition) is 2. The molecule has 5 nitrogen and oxygen atoms in total. The molecule has 0 saturated carbocycles. The van der Waals surface area contributed by atoms with Crippen LogP contribution in [0.5, 0.6) is 5.75 Å². The number of hydrogen-bond acceptors (Lipinski definition) is 3. The van der Waals surface area contributed by atoms with E-state index in [-0.39, 0.29) is 12.1 Å². The predicted molar refractivity (Wildman–Crippen MR) is 103 cm³/mol. The third-order valence-corrected chi connectivity index (χ3v) is 4.76. The summed E-state index contributed by atoms with van der Waals surface area (Å²) in [6.45, 7) is 4.04. The van der Waals surface area contributed by atoms with Crippen LogP contribution in [0.3, 0.4) is 0 Å². The SMILES string of the molecule is COc1ccccc1N1C(=O)c2ccccc2N[C@H]1c1cc(C)[nH]c1C. The second kappa shape index (κ2) is 6.26. The summed E-state index contributed by atoms with van der Waals surface area (Å²) < 4.78 is 5.53. The smallest absolute Gasteiger partial charge is 0.262 e. The van der Waals surface area contributed by atoms with Crippen molar-refractivity contribution < 1.29 is 9.53 Å². The molecule has 0 aliphatic carbocycles. The molecule has 1 aromatic heterocycles. The van der Waals surface area contributed by atoms with E-state index < -0.39 is 0 Å². The molecule has 0 bridgehead atoms. The monoisotopic (exact) mass is 347 g/mol. The molecule has 1 aliphatic rings. The summed E-state index contributed by atoms with van der Waals surface area (Å²) in [4.78, 5) is 18.5. The zero-order chi connectivity index (χ0) is 18.3. The van der Waals surface area contributed by atoms with Gasteiger partial charge in [-0.1, -0.05) is 24.3 Å². The second-order valence-electron chi connectivity index (χ2n) is 6.47. The fourth-order valence-corrected chi connectivity index (χ4v) is 3.58. The number of methoxy groups -OCH3 is 1. The van der Waals surface area contributed by atoms with Crippen LogP contribution in [0.4, 0.5) is 11.4 Å². The van der Waals surface area contributed by atoms with Crippen molar-refractivity contribution in [3.05, 3.63) is 77.1 Å². The largest absolute Gasteiger partial charge is 0.495 e. The lowest BCUT2D eigenvalue weighted by molar-refractivity contribution is 0.0974. The molecule has 132 valence electrons. The third-order valence-electron chi connectivity index (χ3n) is 4.76. The maximum absolute atomic E-state index is 13.4. The molecule has 0 radical (unpaired) electrons. The van der Waals surface area contributed by atoms with Crippen molar-refractivity contribution in [2.45, 2.75) is 20.0 Å². The Labute approximate surface area is 152 Å². The number of aromatic amines is 1. The van der Waals surface area contributed by atoms with Crippen molar-refractivity contribution >= 4 is 17.3 Å². The highest BCUT2D eigenvalue weighted by molar-refractivity contribution is 6.12. The third kappa shape index (κ3) is 2.52. The van der Waals surface area contributed by atoms with Gasteiger partial charge in [-0.15, -0.1) is 0 Å². The van der Waals surface area contributed by atoms with Gasteiger partial charge in [0.25, 0.3) is 5.91 Å². The van der Waals surface area contributed by atoms with Gasteiger partial charge in [-0.2, -0.15) is 0 Å². The first-order chi connectivity index (χ1) is 12.6. The van der Waals surface area contributed by atoms with E-state index in [4.69, 9.17) is 4.74 Å². The first kappa shape index (κ1) is 16.3. The van der Waals surface area contributed by atoms with Gasteiger partial charge in [0.05, 0.1) is 18.4 Å². The number of amides is 1. The number of carbonyl (C=O) groups excluding carboxylic acids is 1. The topological polar surface area (TPSA) is 57.4 Å². The van der Waals surface area contributed by atoms with E-state index in [1.807, 2.05) is 62.4 Å². The van der Waals surface area contributed by atoms with Crippen molar-refractivity contribution in [3.63, 3.8) is 0 Å². The van der Waals surface area contributed by atoms with E-state index in [2.05, 4.69) is 16.4 Å². The number of benzene rings is 2. The van der Waals surface area contributed by atoms with E-state index in [9.17, 15) is 4.79 Å². The van der Waals surface area contributed by atoms with Crippen LogP contribution in [0.2, 0.25) is 0 Å². The number of carbonyl (C=O) groups is 1. The summed E-state index contributed by atoms with van der Waals surface area (Å²) in [7, 11) is 1.62. The Bertz CT molecular complexity index is 977. The van der Waals surface area contributed by atoms with E-state index in [0.717, 1.165) is 28.3 Å². The Kier molecular flexibility index (Phi) is 3.92. The lowest BCUT2D eigenvalue weighted by atomic mass is 10.0. The van der Waals surface area contributed by atoms with Gasteiger partial charge in [0, 0.05) is 22.6 Å². The summed E-state index contributed by atoms with van der Waals surface area (Å²) in [5, 5.41) is 3.53. The average Bonchev–Trinajstić information content (AvgIpc) is 3.00. The molecule has 1 aliphatic heterocycles. The van der Waals surface area contributed by atoms with E-state index in [1.165, 1.54) is 0 Å². The molecule has 4 rings (SSSR count). The van der Waals surface area contributed by atoms with Crippen molar-refractivity contribution in [1.82, 2.24) is 4.98 Å². The summed E-state index contributed by atoms with van der Waals surface area (Å²) >= 11 is 0. The standard InChI is InChI=1S/C21H21N3O2/c1-13-12-16(14(2)22-13)20-23-17-9-5-4-8-15(17)21(25)24(20)18-10-6-7-11-19(18)26-3/h4-12,20,22-23H,1-3H3/t20-/m1/s1. The van der Waals surface area contributed by atoms with Gasteiger partial charge in [0.15, 0.2) is 0 Å². The summed E-state index contributed by atoms with van der Waals surface area (Å²) in [5.41, 5.74) is 5.37. The number of nitrogens with one attached hydrogen (secondary N) is 2. The van der Waals surface area contributed by atoms with Crippen LogP contribution in [0.1, 0.15) is 33.5 Å². The highest BCUT2D eigenvalue weighted by Crippen LogP contribution is 2.41. The minimum atomic E-state index is -0.321. The van der Waals surface area contributed by atoms with Gasteiger partial charge in [0.1, 0.15) is 11.9 Å². The number of rotatable bonds is 3. The number of nitrogens with zero attached hydrogens (tertiary/aromatic N) is 1. The average molecular weight is 347 g/mol. The molecule has 26 heavy (non-hydrogen) atoms. The van der Waals surface area contributed by atoms with Gasteiger partial charge < -0.3 is 15.0 Å². The van der Waals surface area contributed by atoms with E-state index in [1.54, 1.807) is 12.0 Å². The molecule has 1 amide bonds. The minimum absolute atomic E-state index is 0.0490. The number of aryl methyl sites for hydroxylation is 2. The second-order valence-corrected chi connectivity index (χ2v) is 6.47. The summed E-state index contributed by atoms with van der Waals surface area (Å²) in [6, 6.07) is 17.3.